The van der Waals surface area contributed by atoms with Crippen LogP contribution in [-0.2, 0) is 20.9 Å². The maximum absolute atomic E-state index is 13.9. The fraction of sp³-hybridized carbons (Fsp3) is 0.407. The van der Waals surface area contributed by atoms with Gasteiger partial charge in [-0.15, -0.1) is 0 Å². The molecule has 0 spiro atoms. The van der Waals surface area contributed by atoms with Crippen molar-refractivity contribution < 1.29 is 23.9 Å². The predicted octanol–water partition coefficient (Wildman–Crippen LogP) is 4.11. The van der Waals surface area contributed by atoms with Gasteiger partial charge in [-0.2, -0.15) is 0 Å². The first kappa shape index (κ1) is 25.2. The summed E-state index contributed by atoms with van der Waals surface area (Å²) in [5, 5.41) is 2.79. The Morgan fingerprint density at radius 2 is 1.97 bits per heavy atom. The van der Waals surface area contributed by atoms with Gasteiger partial charge in [0.1, 0.15) is 11.6 Å². The number of amides is 2. The molecule has 2 amide bonds. The number of aryl methyl sites for hydroxylation is 1. The molecule has 1 saturated heterocycles. The lowest BCUT2D eigenvalue weighted by Crippen LogP contribution is -2.43. The number of fused-ring (bicyclic) bond motifs is 1. The van der Waals surface area contributed by atoms with Crippen molar-refractivity contribution >= 4 is 34.5 Å². The zero-order chi connectivity index (χ0) is 25.8. The summed E-state index contributed by atoms with van der Waals surface area (Å²) < 4.78 is 12.6. The van der Waals surface area contributed by atoms with Crippen LogP contribution in [0.5, 0.6) is 5.75 Å². The van der Waals surface area contributed by atoms with Gasteiger partial charge in [0.25, 0.3) is 5.91 Å². The molecule has 9 heteroatoms. The lowest BCUT2D eigenvalue weighted by molar-refractivity contribution is -0.149. The van der Waals surface area contributed by atoms with Crippen molar-refractivity contribution in [1.29, 1.82) is 0 Å². The van der Waals surface area contributed by atoms with Crippen LogP contribution in [-0.4, -0.2) is 59.0 Å². The largest absolute Gasteiger partial charge is 0.497 e. The Kier molecular flexibility index (Phi) is 7.57. The van der Waals surface area contributed by atoms with Crippen molar-refractivity contribution in [3.05, 3.63) is 42.0 Å². The summed E-state index contributed by atoms with van der Waals surface area (Å²) in [4.78, 5) is 44.7. The number of nitrogens with zero attached hydrogens (tertiary/aromatic N) is 3. The van der Waals surface area contributed by atoms with E-state index in [0.29, 0.717) is 72.9 Å². The van der Waals surface area contributed by atoms with Gasteiger partial charge < -0.3 is 24.3 Å². The number of ether oxygens (including phenoxy) is 2. The molecule has 9 nitrogen and oxygen atoms in total. The number of esters is 1. The van der Waals surface area contributed by atoms with Crippen molar-refractivity contribution in [3.8, 4) is 17.1 Å². The van der Waals surface area contributed by atoms with Gasteiger partial charge in [-0.05, 0) is 51.0 Å². The van der Waals surface area contributed by atoms with Gasteiger partial charge in [0.05, 0.1) is 36.2 Å². The van der Waals surface area contributed by atoms with Gasteiger partial charge >= 0.3 is 5.97 Å². The van der Waals surface area contributed by atoms with E-state index in [1.807, 2.05) is 35.8 Å². The average molecular weight is 493 g/mol. The van der Waals surface area contributed by atoms with E-state index >= 15 is 0 Å². The first-order valence-electron chi connectivity index (χ1n) is 12.3. The molecule has 2 heterocycles. The smallest absolute Gasteiger partial charge is 0.310 e. The summed E-state index contributed by atoms with van der Waals surface area (Å²) >= 11 is 0. The van der Waals surface area contributed by atoms with Gasteiger partial charge in [-0.25, -0.2) is 4.98 Å². The maximum Gasteiger partial charge on any atom is 0.310 e. The molecular formula is C27H32N4O5. The highest BCUT2D eigenvalue weighted by atomic mass is 16.5. The Morgan fingerprint density at radius 3 is 2.67 bits per heavy atom. The van der Waals surface area contributed by atoms with Crippen LogP contribution < -0.4 is 10.1 Å². The third-order valence-corrected chi connectivity index (χ3v) is 6.37. The Hall–Kier alpha value is -3.88. The van der Waals surface area contributed by atoms with Gasteiger partial charge in [0, 0.05) is 37.8 Å². The second-order valence-corrected chi connectivity index (χ2v) is 8.83. The van der Waals surface area contributed by atoms with E-state index < -0.39 is 0 Å². The Bertz CT molecular complexity index is 1300. The van der Waals surface area contributed by atoms with Crippen LogP contribution in [0.25, 0.3) is 22.4 Å². The number of methoxy groups -OCH3 is 1. The normalized spacial score (nSPS) is 15.6. The number of piperidine rings is 1. The molecule has 1 N–H and O–H groups in total. The van der Waals surface area contributed by atoms with Crippen LogP contribution in [0.2, 0.25) is 0 Å². The zero-order valence-corrected chi connectivity index (χ0v) is 21.2. The van der Waals surface area contributed by atoms with E-state index in [2.05, 4.69) is 5.32 Å². The highest BCUT2D eigenvalue weighted by Gasteiger charge is 2.31. The third-order valence-electron chi connectivity index (χ3n) is 6.37. The first-order valence-corrected chi connectivity index (χ1v) is 12.3. The minimum absolute atomic E-state index is 0.201. The second kappa shape index (κ2) is 10.8. The summed E-state index contributed by atoms with van der Waals surface area (Å²) in [5.41, 5.74) is 3.07. The molecule has 1 aromatic heterocycles. The SMILES string of the molecule is CCOC(=O)C1CCCN(C(=O)c2cc(NC(C)=O)cc3nc(-c4cccc(OC)c4)n(CC)c23)C1. The lowest BCUT2D eigenvalue weighted by atomic mass is 9.97. The predicted molar refractivity (Wildman–Crippen MR) is 137 cm³/mol. The summed E-state index contributed by atoms with van der Waals surface area (Å²) in [6.45, 7) is 6.93. The Labute approximate surface area is 210 Å². The molecular weight excluding hydrogens is 460 g/mol. The number of imidazole rings is 1. The van der Waals surface area contributed by atoms with Crippen LogP contribution in [0.4, 0.5) is 5.69 Å². The van der Waals surface area contributed by atoms with Crippen LogP contribution in [0.3, 0.4) is 0 Å². The number of hydrogen-bond donors (Lipinski definition) is 1. The van der Waals surface area contributed by atoms with Crippen LogP contribution in [0.15, 0.2) is 36.4 Å². The molecule has 1 fully saturated rings. The number of likely N-dealkylation sites (tertiary alicyclic amines) is 1. The van der Waals surface area contributed by atoms with E-state index in [9.17, 15) is 14.4 Å². The minimum Gasteiger partial charge on any atom is -0.497 e. The number of hydrogen-bond acceptors (Lipinski definition) is 6. The quantitative estimate of drug-likeness (QED) is 0.498. The number of aromatic nitrogens is 2. The first-order chi connectivity index (χ1) is 17.4. The fourth-order valence-electron chi connectivity index (χ4n) is 4.78. The molecule has 190 valence electrons. The maximum atomic E-state index is 13.9. The zero-order valence-electron chi connectivity index (χ0n) is 21.2. The van der Waals surface area contributed by atoms with Crippen molar-refractivity contribution in [2.75, 3.05) is 32.1 Å². The topological polar surface area (TPSA) is 103 Å². The summed E-state index contributed by atoms with van der Waals surface area (Å²) in [7, 11) is 1.61. The van der Waals surface area contributed by atoms with Crippen molar-refractivity contribution in [2.24, 2.45) is 5.92 Å². The van der Waals surface area contributed by atoms with Crippen LogP contribution in [0, 0.1) is 5.92 Å². The van der Waals surface area contributed by atoms with Crippen LogP contribution >= 0.6 is 0 Å². The minimum atomic E-state index is -0.347. The van der Waals surface area contributed by atoms with Gasteiger partial charge in [-0.3, -0.25) is 14.4 Å². The van der Waals surface area contributed by atoms with Crippen molar-refractivity contribution in [3.63, 3.8) is 0 Å². The monoisotopic (exact) mass is 492 g/mol. The second-order valence-electron chi connectivity index (χ2n) is 8.83. The van der Waals surface area contributed by atoms with E-state index in [1.165, 1.54) is 6.92 Å². The molecule has 0 aliphatic carbocycles. The fourth-order valence-corrected chi connectivity index (χ4v) is 4.78. The molecule has 1 unspecified atom stereocenters. The standard InChI is InChI=1S/C27H32N4O5/c1-5-31-24-22(26(33)30-12-8-10-19(16-30)27(34)36-6-2)14-20(28-17(3)32)15-23(24)29-25(31)18-9-7-11-21(13-18)35-4/h7,9,11,13-15,19H,5-6,8,10,12,16H2,1-4H3,(H,28,32). The molecule has 1 aliphatic heterocycles. The molecule has 2 aromatic carbocycles. The summed E-state index contributed by atoms with van der Waals surface area (Å²) in [5.74, 6) is 0.342. The van der Waals surface area contributed by atoms with Crippen LogP contribution in [0.1, 0.15) is 44.0 Å². The molecule has 1 aliphatic rings. The van der Waals surface area contributed by atoms with E-state index in [4.69, 9.17) is 14.5 Å². The molecule has 1 atom stereocenters. The number of anilines is 1. The van der Waals surface area contributed by atoms with E-state index in [1.54, 1.807) is 31.1 Å². The lowest BCUT2D eigenvalue weighted by Gasteiger charge is -2.32. The summed E-state index contributed by atoms with van der Waals surface area (Å²) in [6, 6.07) is 11.1. The molecule has 0 saturated carbocycles. The van der Waals surface area contributed by atoms with Crippen molar-refractivity contribution in [2.45, 2.75) is 40.2 Å². The van der Waals surface area contributed by atoms with Gasteiger partial charge in [0.15, 0.2) is 0 Å². The Balaban J connectivity index is 1.83. The number of nitrogens with one attached hydrogen (secondary N) is 1. The highest BCUT2D eigenvalue weighted by Crippen LogP contribution is 2.33. The third kappa shape index (κ3) is 5.05. The number of rotatable bonds is 7. The molecule has 36 heavy (non-hydrogen) atoms. The number of carbonyl (C=O) groups is 3. The van der Waals surface area contributed by atoms with E-state index in [0.717, 1.165) is 5.56 Å². The number of benzene rings is 2. The van der Waals surface area contributed by atoms with Crippen molar-refractivity contribution in [1.82, 2.24) is 14.5 Å². The average Bonchev–Trinajstić information content (AvgIpc) is 3.26. The van der Waals surface area contributed by atoms with E-state index in [-0.39, 0.29) is 23.7 Å². The molecule has 4 rings (SSSR count). The van der Waals surface area contributed by atoms with Gasteiger partial charge in [0.2, 0.25) is 5.91 Å². The summed E-state index contributed by atoms with van der Waals surface area (Å²) in [6.07, 6.45) is 1.41. The number of carbonyl (C=O) groups excluding carboxylic acids is 3. The highest BCUT2D eigenvalue weighted by molar-refractivity contribution is 6.08. The Morgan fingerprint density at radius 1 is 1.17 bits per heavy atom. The molecule has 3 aromatic rings. The molecule has 0 radical (unpaired) electrons. The molecule has 0 bridgehead atoms. The van der Waals surface area contributed by atoms with Gasteiger partial charge in [-0.1, -0.05) is 12.1 Å².